The molecule has 0 aliphatic heterocycles. The Morgan fingerprint density at radius 2 is 1.69 bits per heavy atom. The van der Waals surface area contributed by atoms with Gasteiger partial charge in [-0.05, 0) is 57.7 Å². The fourth-order valence-electron chi connectivity index (χ4n) is 2.54. The number of rotatable bonds is 7. The third-order valence-electron chi connectivity index (χ3n) is 4.23. The van der Waals surface area contributed by atoms with E-state index in [9.17, 15) is 9.59 Å². The van der Waals surface area contributed by atoms with Crippen LogP contribution in [0, 0.1) is 19.8 Å². The van der Waals surface area contributed by atoms with Gasteiger partial charge in [-0.1, -0.05) is 13.8 Å². The molecule has 1 N–H and O–H groups in total. The fourth-order valence-corrected chi connectivity index (χ4v) is 2.54. The van der Waals surface area contributed by atoms with E-state index in [-0.39, 0.29) is 18.6 Å². The molecule has 26 heavy (non-hydrogen) atoms. The van der Waals surface area contributed by atoms with Gasteiger partial charge in [0, 0.05) is 6.04 Å². The van der Waals surface area contributed by atoms with Gasteiger partial charge in [-0.15, -0.1) is 0 Å². The van der Waals surface area contributed by atoms with Crippen molar-refractivity contribution in [3.8, 4) is 0 Å². The van der Waals surface area contributed by atoms with Gasteiger partial charge in [0.05, 0.1) is 28.0 Å². The summed E-state index contributed by atoms with van der Waals surface area (Å²) in [4.78, 5) is 33.0. The molecule has 0 fully saturated rings. The molecule has 0 unspecified atom stereocenters. The number of esters is 1. The van der Waals surface area contributed by atoms with Gasteiger partial charge in [0.15, 0.2) is 6.61 Å². The Morgan fingerprint density at radius 1 is 1.04 bits per heavy atom. The fraction of sp³-hybridized carbons (Fsp3) is 0.500. The predicted octanol–water partition coefficient (Wildman–Crippen LogP) is 3.34. The van der Waals surface area contributed by atoms with E-state index in [1.165, 1.54) is 0 Å². The highest BCUT2D eigenvalue weighted by Gasteiger charge is 2.14. The first-order valence-electron chi connectivity index (χ1n) is 8.97. The molecule has 0 spiro atoms. The van der Waals surface area contributed by atoms with E-state index >= 15 is 0 Å². The number of hydrogen-bond acceptors (Lipinski definition) is 5. The van der Waals surface area contributed by atoms with Crippen LogP contribution in [0.25, 0.3) is 11.0 Å². The van der Waals surface area contributed by atoms with Crippen LogP contribution in [0.3, 0.4) is 0 Å². The Labute approximate surface area is 154 Å². The lowest BCUT2D eigenvalue weighted by atomic mass is 10.0. The van der Waals surface area contributed by atoms with Crippen LogP contribution in [0.2, 0.25) is 0 Å². The lowest BCUT2D eigenvalue weighted by Crippen LogP contribution is -2.36. The number of nitrogens with one attached hydrogen (secondary N) is 1. The molecule has 0 aliphatic rings. The Morgan fingerprint density at radius 3 is 2.35 bits per heavy atom. The third kappa shape index (κ3) is 5.51. The molecule has 0 radical (unpaired) electrons. The highest BCUT2D eigenvalue weighted by atomic mass is 16.5. The van der Waals surface area contributed by atoms with Crippen LogP contribution in [0.15, 0.2) is 18.2 Å². The first-order valence-corrected chi connectivity index (χ1v) is 8.97. The highest BCUT2D eigenvalue weighted by Crippen LogP contribution is 2.15. The Hall–Kier alpha value is -2.50. The molecule has 0 saturated carbocycles. The summed E-state index contributed by atoms with van der Waals surface area (Å²) in [6, 6.07) is 5.07. The first kappa shape index (κ1) is 19.8. The monoisotopic (exact) mass is 357 g/mol. The van der Waals surface area contributed by atoms with E-state index in [1.54, 1.807) is 18.2 Å². The quantitative estimate of drug-likeness (QED) is 0.769. The van der Waals surface area contributed by atoms with Gasteiger partial charge in [0.2, 0.25) is 0 Å². The van der Waals surface area contributed by atoms with Crippen molar-refractivity contribution in [2.45, 2.75) is 53.5 Å². The average molecular weight is 357 g/mol. The second-order valence-electron chi connectivity index (χ2n) is 7.11. The average Bonchev–Trinajstić information content (AvgIpc) is 2.58. The first-order chi connectivity index (χ1) is 12.3. The van der Waals surface area contributed by atoms with E-state index in [0.29, 0.717) is 17.0 Å². The lowest BCUT2D eigenvalue weighted by molar-refractivity contribution is -0.124. The molecule has 1 atom stereocenters. The van der Waals surface area contributed by atoms with Crippen molar-refractivity contribution in [2.24, 2.45) is 5.92 Å². The number of carbonyl (C=O) groups is 2. The van der Waals surface area contributed by atoms with Crippen LogP contribution >= 0.6 is 0 Å². The highest BCUT2D eigenvalue weighted by molar-refractivity contribution is 5.94. The molecule has 1 amide bonds. The summed E-state index contributed by atoms with van der Waals surface area (Å²) in [6.07, 6.45) is 1.94. The normalized spacial score (nSPS) is 12.2. The van der Waals surface area contributed by atoms with Crippen LogP contribution in [0.4, 0.5) is 0 Å². The molecule has 0 saturated heterocycles. The maximum absolute atomic E-state index is 12.2. The maximum atomic E-state index is 12.2. The van der Waals surface area contributed by atoms with Crippen molar-refractivity contribution >= 4 is 22.9 Å². The van der Waals surface area contributed by atoms with Gasteiger partial charge in [0.1, 0.15) is 0 Å². The van der Waals surface area contributed by atoms with Gasteiger partial charge in [-0.25, -0.2) is 14.8 Å². The summed E-state index contributed by atoms with van der Waals surface area (Å²) in [6.45, 7) is 9.72. The predicted molar refractivity (Wildman–Crippen MR) is 101 cm³/mol. The zero-order valence-electron chi connectivity index (χ0n) is 16.1. The van der Waals surface area contributed by atoms with Gasteiger partial charge in [-0.2, -0.15) is 0 Å². The van der Waals surface area contributed by atoms with E-state index in [4.69, 9.17) is 4.74 Å². The minimum atomic E-state index is -0.545. The SMILES string of the molecule is Cc1nc2ccc(C(=O)OCC(=O)N[C@@H](C)CCC(C)C)cc2nc1C. The molecule has 0 bridgehead atoms. The molecule has 1 aromatic heterocycles. The molecule has 6 heteroatoms. The standard InChI is InChI=1S/C20H27N3O3/c1-12(2)6-7-13(3)21-19(24)11-26-20(25)16-8-9-17-18(10-16)23-15(5)14(4)22-17/h8-10,12-13H,6-7,11H2,1-5H3,(H,21,24)/t13-/m0/s1. The second-order valence-corrected chi connectivity index (χ2v) is 7.11. The maximum Gasteiger partial charge on any atom is 0.338 e. The van der Waals surface area contributed by atoms with Crippen molar-refractivity contribution in [2.75, 3.05) is 6.61 Å². The molecule has 140 valence electrons. The summed E-state index contributed by atoms with van der Waals surface area (Å²) < 4.78 is 5.12. The smallest absolute Gasteiger partial charge is 0.338 e. The van der Waals surface area contributed by atoms with E-state index in [0.717, 1.165) is 29.7 Å². The lowest BCUT2D eigenvalue weighted by Gasteiger charge is -2.15. The van der Waals surface area contributed by atoms with E-state index in [1.807, 2.05) is 20.8 Å². The van der Waals surface area contributed by atoms with E-state index < -0.39 is 5.97 Å². The van der Waals surface area contributed by atoms with Crippen LogP contribution in [0.5, 0.6) is 0 Å². The summed E-state index contributed by atoms with van der Waals surface area (Å²) in [5.41, 5.74) is 3.39. The number of benzene rings is 1. The summed E-state index contributed by atoms with van der Waals surface area (Å²) in [5, 5.41) is 2.85. The Kier molecular flexibility index (Phi) is 6.66. The molecule has 2 rings (SSSR count). The Balaban J connectivity index is 1.92. The summed E-state index contributed by atoms with van der Waals surface area (Å²) in [5.74, 6) is -0.242. The minimum absolute atomic E-state index is 0.0609. The largest absolute Gasteiger partial charge is 0.452 e. The zero-order valence-corrected chi connectivity index (χ0v) is 16.1. The van der Waals surface area contributed by atoms with Gasteiger partial charge < -0.3 is 10.1 Å². The van der Waals surface area contributed by atoms with Crippen molar-refractivity contribution in [3.05, 3.63) is 35.2 Å². The number of fused-ring (bicyclic) bond motifs is 1. The van der Waals surface area contributed by atoms with Crippen LogP contribution < -0.4 is 5.32 Å². The van der Waals surface area contributed by atoms with Crippen molar-refractivity contribution in [1.29, 1.82) is 0 Å². The van der Waals surface area contributed by atoms with Crippen LogP contribution in [0.1, 0.15) is 55.4 Å². The molecular weight excluding hydrogens is 330 g/mol. The van der Waals surface area contributed by atoms with Crippen molar-refractivity contribution in [3.63, 3.8) is 0 Å². The van der Waals surface area contributed by atoms with Crippen molar-refractivity contribution in [1.82, 2.24) is 15.3 Å². The number of aryl methyl sites for hydroxylation is 2. The molecular formula is C20H27N3O3. The van der Waals surface area contributed by atoms with Crippen LogP contribution in [-0.2, 0) is 9.53 Å². The molecule has 6 nitrogen and oxygen atoms in total. The number of carbonyl (C=O) groups excluding carboxylic acids is 2. The number of hydrogen-bond donors (Lipinski definition) is 1. The Bertz CT molecular complexity index is 802. The summed E-state index contributed by atoms with van der Waals surface area (Å²) >= 11 is 0. The third-order valence-corrected chi connectivity index (χ3v) is 4.23. The minimum Gasteiger partial charge on any atom is -0.452 e. The zero-order chi connectivity index (χ0) is 19.3. The van der Waals surface area contributed by atoms with Gasteiger partial charge >= 0.3 is 5.97 Å². The number of aromatic nitrogens is 2. The van der Waals surface area contributed by atoms with Crippen LogP contribution in [-0.4, -0.2) is 34.5 Å². The van der Waals surface area contributed by atoms with E-state index in [2.05, 4.69) is 29.1 Å². The summed E-state index contributed by atoms with van der Waals surface area (Å²) in [7, 11) is 0. The number of ether oxygens (including phenoxy) is 1. The second kappa shape index (κ2) is 8.74. The molecule has 0 aliphatic carbocycles. The molecule has 1 heterocycles. The number of amides is 1. The van der Waals surface area contributed by atoms with Gasteiger partial charge in [-0.3, -0.25) is 4.79 Å². The number of nitrogens with zero attached hydrogens (tertiary/aromatic N) is 2. The van der Waals surface area contributed by atoms with Crippen molar-refractivity contribution < 1.29 is 14.3 Å². The van der Waals surface area contributed by atoms with Gasteiger partial charge in [0.25, 0.3) is 5.91 Å². The molecule has 1 aromatic carbocycles. The topological polar surface area (TPSA) is 81.2 Å². The molecule has 2 aromatic rings.